The number of nitrogens with one attached hydrogen (secondary N) is 1. The Labute approximate surface area is 141 Å². The van der Waals surface area contributed by atoms with E-state index in [4.69, 9.17) is 0 Å². The first-order chi connectivity index (χ1) is 11.4. The zero-order valence-corrected chi connectivity index (χ0v) is 14.4. The van der Waals surface area contributed by atoms with Crippen molar-refractivity contribution in [3.63, 3.8) is 0 Å². The summed E-state index contributed by atoms with van der Waals surface area (Å²) in [7, 11) is -3.28. The Bertz CT molecular complexity index is 866. The van der Waals surface area contributed by atoms with Gasteiger partial charge in [0.05, 0.1) is 18.0 Å². The summed E-state index contributed by atoms with van der Waals surface area (Å²) in [6.45, 7) is 2.33. The van der Waals surface area contributed by atoms with Gasteiger partial charge in [-0.3, -0.25) is 14.1 Å². The van der Waals surface area contributed by atoms with Crippen molar-refractivity contribution in [1.82, 2.24) is 10.3 Å². The largest absolute Gasteiger partial charge is 0.346 e. The van der Waals surface area contributed by atoms with Gasteiger partial charge in [0.2, 0.25) is 10.0 Å². The second kappa shape index (κ2) is 6.24. The lowest BCUT2D eigenvalue weighted by molar-refractivity contribution is 0.0940. The average Bonchev–Trinajstić information content (AvgIpc) is 2.98. The van der Waals surface area contributed by atoms with Gasteiger partial charge in [-0.15, -0.1) is 0 Å². The molecule has 2 aromatic rings. The molecule has 0 spiro atoms. The van der Waals surface area contributed by atoms with Crippen LogP contribution in [-0.2, 0) is 16.4 Å². The van der Waals surface area contributed by atoms with E-state index in [9.17, 15) is 13.2 Å². The molecule has 1 N–H and O–H groups in total. The van der Waals surface area contributed by atoms with Crippen LogP contribution in [0.5, 0.6) is 0 Å². The summed E-state index contributed by atoms with van der Waals surface area (Å²) in [6.07, 6.45) is 5.18. The van der Waals surface area contributed by atoms with Crippen LogP contribution in [0.15, 0.2) is 42.7 Å². The van der Waals surface area contributed by atoms with E-state index in [0.29, 0.717) is 24.2 Å². The number of benzene rings is 1. The lowest BCUT2D eigenvalue weighted by Crippen LogP contribution is -2.28. The number of pyridine rings is 1. The van der Waals surface area contributed by atoms with Crippen molar-refractivity contribution in [2.24, 2.45) is 0 Å². The van der Waals surface area contributed by atoms with Crippen molar-refractivity contribution >= 4 is 21.6 Å². The third-order valence-electron chi connectivity index (χ3n) is 4.15. The molecule has 0 saturated carbocycles. The molecule has 126 valence electrons. The minimum absolute atomic E-state index is 0.138. The van der Waals surface area contributed by atoms with E-state index in [1.165, 1.54) is 10.6 Å². The highest BCUT2D eigenvalue weighted by Gasteiger charge is 2.26. The maximum Gasteiger partial charge on any atom is 0.251 e. The van der Waals surface area contributed by atoms with Gasteiger partial charge in [0, 0.05) is 24.5 Å². The van der Waals surface area contributed by atoms with Crippen LogP contribution in [-0.4, -0.2) is 32.1 Å². The van der Waals surface area contributed by atoms with Gasteiger partial charge in [-0.25, -0.2) is 8.42 Å². The highest BCUT2D eigenvalue weighted by molar-refractivity contribution is 7.92. The van der Waals surface area contributed by atoms with Crippen molar-refractivity contribution in [2.45, 2.75) is 19.4 Å². The molecule has 1 atom stereocenters. The first-order valence-electron chi connectivity index (χ1n) is 7.67. The quantitative estimate of drug-likeness (QED) is 0.918. The molecule has 0 saturated heterocycles. The number of amides is 1. The predicted molar refractivity (Wildman–Crippen MR) is 92.5 cm³/mol. The zero-order valence-electron chi connectivity index (χ0n) is 13.6. The summed E-state index contributed by atoms with van der Waals surface area (Å²) in [4.78, 5) is 16.4. The number of fused-ring (bicyclic) bond motifs is 1. The minimum atomic E-state index is -3.28. The Balaban J connectivity index is 1.78. The summed E-state index contributed by atoms with van der Waals surface area (Å²) >= 11 is 0. The van der Waals surface area contributed by atoms with Crippen molar-refractivity contribution in [1.29, 1.82) is 0 Å². The molecule has 1 aromatic carbocycles. The van der Waals surface area contributed by atoms with E-state index >= 15 is 0 Å². The fourth-order valence-electron chi connectivity index (χ4n) is 2.87. The highest BCUT2D eigenvalue weighted by atomic mass is 32.2. The number of anilines is 1. The summed E-state index contributed by atoms with van der Waals surface area (Å²) in [6, 6.07) is 8.72. The third-order valence-corrected chi connectivity index (χ3v) is 5.33. The summed E-state index contributed by atoms with van der Waals surface area (Å²) in [5.74, 6) is -0.181. The van der Waals surface area contributed by atoms with Crippen molar-refractivity contribution in [3.8, 4) is 0 Å². The number of carbonyl (C=O) groups excluding carboxylic acids is 1. The molecule has 1 aliphatic heterocycles. The van der Waals surface area contributed by atoms with Crippen molar-refractivity contribution in [2.75, 3.05) is 17.1 Å². The van der Waals surface area contributed by atoms with Crippen molar-refractivity contribution in [3.05, 3.63) is 59.4 Å². The van der Waals surface area contributed by atoms with Crippen LogP contribution in [0.4, 0.5) is 5.69 Å². The van der Waals surface area contributed by atoms with E-state index in [1.54, 1.807) is 30.6 Å². The molecule has 0 radical (unpaired) electrons. The summed E-state index contributed by atoms with van der Waals surface area (Å²) in [5, 5.41) is 2.95. The minimum Gasteiger partial charge on any atom is -0.346 e. The van der Waals surface area contributed by atoms with E-state index < -0.39 is 10.0 Å². The number of hydrogen-bond donors (Lipinski definition) is 1. The standard InChI is InChI=1S/C17H19N3O3S/c1-12(13-5-8-18-9-6-13)19-17(21)15-3-4-16-14(11-15)7-10-20(16)24(2,22)23/h3-6,8-9,11-12H,7,10H2,1-2H3,(H,19,21)/t12-/m0/s1. The van der Waals surface area contributed by atoms with Gasteiger partial charge >= 0.3 is 0 Å². The maximum absolute atomic E-state index is 12.4. The third kappa shape index (κ3) is 3.26. The van der Waals surface area contributed by atoms with Gasteiger partial charge < -0.3 is 5.32 Å². The number of rotatable bonds is 4. The van der Waals surface area contributed by atoms with Crippen LogP contribution in [0, 0.1) is 0 Å². The molecule has 7 heteroatoms. The van der Waals surface area contributed by atoms with Gasteiger partial charge in [-0.05, 0) is 54.8 Å². The van der Waals surface area contributed by atoms with Gasteiger partial charge in [0.25, 0.3) is 5.91 Å². The second-order valence-corrected chi connectivity index (χ2v) is 7.81. The van der Waals surface area contributed by atoms with Crippen LogP contribution < -0.4 is 9.62 Å². The fourth-order valence-corrected chi connectivity index (χ4v) is 3.83. The van der Waals surface area contributed by atoms with Crippen LogP contribution in [0.2, 0.25) is 0 Å². The van der Waals surface area contributed by atoms with Gasteiger partial charge in [-0.2, -0.15) is 0 Å². The molecule has 0 fully saturated rings. The predicted octanol–water partition coefficient (Wildman–Crippen LogP) is 1.89. The monoisotopic (exact) mass is 345 g/mol. The van der Waals surface area contributed by atoms with Gasteiger partial charge in [-0.1, -0.05) is 0 Å². The lowest BCUT2D eigenvalue weighted by atomic mass is 10.1. The topological polar surface area (TPSA) is 79.4 Å². The Kier molecular flexibility index (Phi) is 4.28. The Morgan fingerprint density at radius 1 is 1.25 bits per heavy atom. The number of nitrogens with zero attached hydrogens (tertiary/aromatic N) is 2. The SMILES string of the molecule is C[C@H](NC(=O)c1ccc2c(c1)CCN2S(C)(=O)=O)c1ccncc1. The molecule has 0 unspecified atom stereocenters. The Morgan fingerprint density at radius 2 is 1.96 bits per heavy atom. The number of hydrogen-bond acceptors (Lipinski definition) is 4. The Morgan fingerprint density at radius 3 is 2.62 bits per heavy atom. The van der Waals surface area contributed by atoms with Crippen LogP contribution >= 0.6 is 0 Å². The normalized spacial score (nSPS) is 15.0. The van der Waals surface area contributed by atoms with E-state index in [1.807, 2.05) is 19.1 Å². The number of sulfonamides is 1. The molecule has 1 amide bonds. The maximum atomic E-state index is 12.4. The lowest BCUT2D eigenvalue weighted by Gasteiger charge is -2.17. The van der Waals surface area contributed by atoms with Crippen molar-refractivity contribution < 1.29 is 13.2 Å². The van der Waals surface area contributed by atoms with Crippen LogP contribution in [0.1, 0.15) is 34.5 Å². The summed E-state index contributed by atoms with van der Waals surface area (Å²) in [5.41, 5.74) is 3.05. The molecule has 24 heavy (non-hydrogen) atoms. The van der Waals surface area contributed by atoms with E-state index in [-0.39, 0.29) is 11.9 Å². The van der Waals surface area contributed by atoms with Gasteiger partial charge in [0.15, 0.2) is 0 Å². The Hall–Kier alpha value is -2.41. The highest BCUT2D eigenvalue weighted by Crippen LogP contribution is 2.30. The smallest absolute Gasteiger partial charge is 0.251 e. The molecule has 3 rings (SSSR count). The van der Waals surface area contributed by atoms with Crippen LogP contribution in [0.25, 0.3) is 0 Å². The molecule has 1 aromatic heterocycles. The molecule has 0 bridgehead atoms. The first-order valence-corrected chi connectivity index (χ1v) is 9.52. The number of aromatic nitrogens is 1. The molecule has 0 aliphatic carbocycles. The molecule has 1 aliphatic rings. The molecular weight excluding hydrogens is 326 g/mol. The summed E-state index contributed by atoms with van der Waals surface area (Å²) < 4.78 is 24.9. The zero-order chi connectivity index (χ0) is 17.3. The average molecular weight is 345 g/mol. The van der Waals surface area contributed by atoms with Crippen LogP contribution in [0.3, 0.4) is 0 Å². The number of carbonyl (C=O) groups is 1. The molecular formula is C17H19N3O3S. The van der Waals surface area contributed by atoms with Gasteiger partial charge in [0.1, 0.15) is 0 Å². The first kappa shape index (κ1) is 16.4. The fraction of sp³-hybridized carbons (Fsp3) is 0.294. The molecule has 2 heterocycles. The second-order valence-electron chi connectivity index (χ2n) is 5.90. The molecule has 6 nitrogen and oxygen atoms in total. The van der Waals surface area contributed by atoms with E-state index in [0.717, 1.165) is 11.1 Å². The van der Waals surface area contributed by atoms with E-state index in [2.05, 4.69) is 10.3 Å².